The third kappa shape index (κ3) is 4.22. The molecule has 1 aliphatic rings. The highest BCUT2D eigenvalue weighted by atomic mass is 16.6. The second kappa shape index (κ2) is 8.96. The summed E-state index contributed by atoms with van der Waals surface area (Å²) >= 11 is 0. The molecule has 1 aliphatic carbocycles. The molecule has 164 valence electrons. The molecule has 0 unspecified atom stereocenters. The highest BCUT2D eigenvalue weighted by Gasteiger charge is 2.57. The van der Waals surface area contributed by atoms with E-state index >= 15 is 0 Å². The summed E-state index contributed by atoms with van der Waals surface area (Å²) in [5, 5.41) is 0. The Morgan fingerprint density at radius 1 is 0.871 bits per heavy atom. The Labute approximate surface area is 184 Å². The Kier molecular flexibility index (Phi) is 6.54. The van der Waals surface area contributed by atoms with Crippen LogP contribution in [0.5, 0.6) is 5.75 Å². The maximum absolute atomic E-state index is 13.2. The molecule has 0 aromatic heterocycles. The number of ether oxygens (including phenoxy) is 3. The van der Waals surface area contributed by atoms with Gasteiger partial charge in [-0.05, 0) is 54.2 Å². The van der Waals surface area contributed by atoms with Gasteiger partial charge in [-0.1, -0.05) is 57.2 Å². The van der Waals surface area contributed by atoms with Gasteiger partial charge in [0.25, 0.3) is 0 Å². The van der Waals surface area contributed by atoms with Crippen molar-refractivity contribution < 1.29 is 23.8 Å². The van der Waals surface area contributed by atoms with E-state index in [0.717, 1.165) is 5.56 Å². The van der Waals surface area contributed by atoms with Crippen molar-refractivity contribution in [1.82, 2.24) is 0 Å². The van der Waals surface area contributed by atoms with E-state index in [4.69, 9.17) is 14.2 Å². The quantitative estimate of drug-likeness (QED) is 0.473. The van der Waals surface area contributed by atoms with E-state index in [-0.39, 0.29) is 25.2 Å². The molecule has 0 heterocycles. The standard InChI is InChI=1S/C26H30O5/c1-6-29-23(27)26(24(28)30-7-2)20(16-18-10-8-9-11-22(18)26)17-31-21-14-12-19(13-15-21)25(3,4)5/h8-16H,6-7,17H2,1-5H3. The Balaban J connectivity index is 1.97. The van der Waals surface area contributed by atoms with Crippen LogP contribution in [0.2, 0.25) is 0 Å². The lowest BCUT2D eigenvalue weighted by molar-refractivity contribution is -0.162. The molecule has 0 fully saturated rings. The fourth-order valence-corrected chi connectivity index (χ4v) is 3.84. The number of carbonyl (C=O) groups excluding carboxylic acids is 2. The van der Waals surface area contributed by atoms with Gasteiger partial charge in [0.15, 0.2) is 0 Å². The van der Waals surface area contributed by atoms with Crippen molar-refractivity contribution in [3.05, 3.63) is 70.8 Å². The lowest BCUT2D eigenvalue weighted by Crippen LogP contribution is -2.47. The Bertz CT molecular complexity index is 962. The second-order valence-corrected chi connectivity index (χ2v) is 8.51. The third-order valence-corrected chi connectivity index (χ3v) is 5.45. The summed E-state index contributed by atoms with van der Waals surface area (Å²) < 4.78 is 16.7. The maximum atomic E-state index is 13.2. The van der Waals surface area contributed by atoms with Crippen LogP contribution in [0.4, 0.5) is 0 Å². The zero-order valence-corrected chi connectivity index (χ0v) is 18.9. The first-order valence-electron chi connectivity index (χ1n) is 10.6. The van der Waals surface area contributed by atoms with E-state index in [9.17, 15) is 9.59 Å². The van der Waals surface area contributed by atoms with Crippen molar-refractivity contribution >= 4 is 18.0 Å². The van der Waals surface area contributed by atoms with Gasteiger partial charge in [-0.3, -0.25) is 9.59 Å². The molecule has 0 aliphatic heterocycles. The molecule has 0 saturated carbocycles. The van der Waals surface area contributed by atoms with E-state index in [1.807, 2.05) is 42.5 Å². The van der Waals surface area contributed by atoms with Gasteiger partial charge in [-0.2, -0.15) is 0 Å². The minimum atomic E-state index is -1.66. The van der Waals surface area contributed by atoms with Crippen molar-refractivity contribution in [3.8, 4) is 5.75 Å². The lowest BCUT2D eigenvalue weighted by atomic mass is 9.77. The van der Waals surface area contributed by atoms with Gasteiger partial charge in [0.05, 0.1) is 13.2 Å². The van der Waals surface area contributed by atoms with Crippen LogP contribution in [0.3, 0.4) is 0 Å². The van der Waals surface area contributed by atoms with Crippen LogP contribution < -0.4 is 4.74 Å². The molecule has 3 rings (SSSR count). The van der Waals surface area contributed by atoms with Crippen LogP contribution >= 0.6 is 0 Å². The maximum Gasteiger partial charge on any atom is 0.332 e. The molecular weight excluding hydrogens is 392 g/mol. The summed E-state index contributed by atoms with van der Waals surface area (Å²) in [7, 11) is 0. The number of hydrogen-bond acceptors (Lipinski definition) is 5. The fourth-order valence-electron chi connectivity index (χ4n) is 3.84. The normalized spacial score (nSPS) is 14.4. The van der Waals surface area contributed by atoms with Crippen LogP contribution in [-0.2, 0) is 29.9 Å². The van der Waals surface area contributed by atoms with Gasteiger partial charge in [0.1, 0.15) is 12.4 Å². The molecule has 2 aromatic carbocycles. The van der Waals surface area contributed by atoms with E-state index < -0.39 is 17.4 Å². The molecule has 0 N–H and O–H groups in total. The molecule has 0 radical (unpaired) electrons. The molecule has 31 heavy (non-hydrogen) atoms. The van der Waals surface area contributed by atoms with Gasteiger partial charge < -0.3 is 14.2 Å². The van der Waals surface area contributed by atoms with E-state index in [1.54, 1.807) is 26.0 Å². The summed E-state index contributed by atoms with van der Waals surface area (Å²) in [6, 6.07) is 15.2. The summed E-state index contributed by atoms with van der Waals surface area (Å²) in [5.41, 5.74) is 1.43. The van der Waals surface area contributed by atoms with Crippen LogP contribution in [0.25, 0.3) is 6.08 Å². The highest BCUT2D eigenvalue weighted by molar-refractivity contribution is 6.13. The third-order valence-electron chi connectivity index (χ3n) is 5.45. The van der Waals surface area contributed by atoms with Gasteiger partial charge in [-0.15, -0.1) is 0 Å². The second-order valence-electron chi connectivity index (χ2n) is 8.51. The largest absolute Gasteiger partial charge is 0.489 e. The monoisotopic (exact) mass is 422 g/mol. The van der Waals surface area contributed by atoms with E-state index in [1.165, 1.54) is 5.56 Å². The first kappa shape index (κ1) is 22.6. The number of esters is 2. The van der Waals surface area contributed by atoms with Gasteiger partial charge in [0, 0.05) is 5.57 Å². The average molecular weight is 423 g/mol. The molecule has 0 saturated heterocycles. The molecule has 0 atom stereocenters. The number of hydrogen-bond donors (Lipinski definition) is 0. The van der Waals surface area contributed by atoms with Gasteiger partial charge in [-0.25, -0.2) is 0 Å². The highest BCUT2D eigenvalue weighted by Crippen LogP contribution is 2.44. The van der Waals surface area contributed by atoms with Crippen molar-refractivity contribution in [2.24, 2.45) is 0 Å². The van der Waals surface area contributed by atoms with Crippen molar-refractivity contribution in [2.75, 3.05) is 19.8 Å². The molecule has 0 bridgehead atoms. The predicted molar refractivity (Wildman–Crippen MR) is 120 cm³/mol. The Hall–Kier alpha value is -3.08. The zero-order chi connectivity index (χ0) is 22.6. The Morgan fingerprint density at radius 2 is 1.45 bits per heavy atom. The molecule has 0 spiro atoms. The average Bonchev–Trinajstić information content (AvgIpc) is 3.07. The first-order valence-corrected chi connectivity index (χ1v) is 10.6. The summed E-state index contributed by atoms with van der Waals surface area (Å²) in [6.45, 7) is 10.3. The van der Waals surface area contributed by atoms with Gasteiger partial charge >= 0.3 is 11.9 Å². The number of benzene rings is 2. The SMILES string of the molecule is CCOC(=O)C1(C(=O)OCC)C(COc2ccc(C(C)(C)C)cc2)=Cc2ccccc21. The summed E-state index contributed by atoms with van der Waals surface area (Å²) in [6.07, 6.45) is 1.83. The Morgan fingerprint density at radius 3 is 2.00 bits per heavy atom. The molecule has 2 aromatic rings. The summed E-state index contributed by atoms with van der Waals surface area (Å²) in [4.78, 5) is 26.4. The molecule has 5 nitrogen and oxygen atoms in total. The first-order chi connectivity index (χ1) is 14.7. The topological polar surface area (TPSA) is 61.8 Å². The zero-order valence-electron chi connectivity index (χ0n) is 18.9. The fraction of sp³-hybridized carbons (Fsp3) is 0.385. The molecule has 0 amide bonds. The number of rotatable bonds is 7. The van der Waals surface area contributed by atoms with Gasteiger partial charge in [0.2, 0.25) is 5.41 Å². The number of fused-ring (bicyclic) bond motifs is 1. The minimum absolute atomic E-state index is 0.0388. The smallest absolute Gasteiger partial charge is 0.332 e. The van der Waals surface area contributed by atoms with E-state index in [0.29, 0.717) is 16.9 Å². The van der Waals surface area contributed by atoms with Crippen molar-refractivity contribution in [1.29, 1.82) is 0 Å². The van der Waals surface area contributed by atoms with Crippen LogP contribution in [0.1, 0.15) is 51.3 Å². The molecular formula is C26H30O5. The lowest BCUT2D eigenvalue weighted by Gasteiger charge is -2.29. The van der Waals surface area contributed by atoms with Crippen molar-refractivity contribution in [3.63, 3.8) is 0 Å². The van der Waals surface area contributed by atoms with Crippen molar-refractivity contribution in [2.45, 2.75) is 45.4 Å². The molecule has 5 heteroatoms. The van der Waals surface area contributed by atoms with Crippen LogP contribution in [-0.4, -0.2) is 31.8 Å². The minimum Gasteiger partial charge on any atom is -0.489 e. The van der Waals surface area contributed by atoms with Crippen LogP contribution in [0.15, 0.2) is 54.1 Å². The number of carbonyl (C=O) groups is 2. The van der Waals surface area contributed by atoms with E-state index in [2.05, 4.69) is 20.8 Å². The van der Waals surface area contributed by atoms with Crippen LogP contribution in [0, 0.1) is 0 Å². The summed E-state index contributed by atoms with van der Waals surface area (Å²) in [5.74, 6) is -0.626. The predicted octanol–water partition coefficient (Wildman–Crippen LogP) is 4.82.